The summed E-state index contributed by atoms with van der Waals surface area (Å²) in [6.07, 6.45) is 0. The van der Waals surface area contributed by atoms with Crippen molar-refractivity contribution in [2.75, 3.05) is 0 Å². The number of hydrogen-bond acceptors (Lipinski definition) is 2. The summed E-state index contributed by atoms with van der Waals surface area (Å²) in [5.41, 5.74) is 1.92. The quantitative estimate of drug-likeness (QED) is 0.388. The third-order valence-corrected chi connectivity index (χ3v) is 9.32. The fourth-order valence-electron chi connectivity index (χ4n) is 2.47. The summed E-state index contributed by atoms with van der Waals surface area (Å²) in [6.45, 7) is 13.6. The normalized spacial score (nSPS) is 12.4. The van der Waals surface area contributed by atoms with Gasteiger partial charge in [-0.3, -0.25) is 4.66 Å². The Morgan fingerprint density at radius 2 is 1.23 bits per heavy atom. The Hall–Kier alpha value is 0.0169. The zero-order valence-corrected chi connectivity index (χ0v) is 11.4. The molecule has 0 aliphatic rings. The van der Waals surface area contributed by atoms with Gasteiger partial charge >= 0.3 is 0 Å². The van der Waals surface area contributed by atoms with Crippen LogP contribution in [0.2, 0.25) is 16.6 Å². The van der Waals surface area contributed by atoms with E-state index in [0.29, 0.717) is 16.6 Å². The van der Waals surface area contributed by atoms with Crippen LogP contribution in [0.15, 0.2) is 4.66 Å². The molecule has 0 radical (unpaired) electrons. The smallest absolute Gasteiger partial charge is 0.202 e. The molecule has 3 heteroatoms. The van der Waals surface area contributed by atoms with Crippen LogP contribution in [0.5, 0.6) is 0 Å². The summed E-state index contributed by atoms with van der Waals surface area (Å²) in [5.74, 6) is 0. The van der Waals surface area contributed by atoms with Crippen molar-refractivity contribution < 1.29 is 0 Å². The first-order chi connectivity index (χ1) is 5.89. The molecular weight excluding hydrogens is 194 g/mol. The van der Waals surface area contributed by atoms with Crippen LogP contribution in [-0.4, -0.2) is 13.4 Å². The van der Waals surface area contributed by atoms with Gasteiger partial charge < -0.3 is 0 Å². The van der Waals surface area contributed by atoms with E-state index < -0.39 is 8.24 Å². The molecule has 0 atom stereocenters. The van der Waals surface area contributed by atoms with Gasteiger partial charge in [-0.2, -0.15) is 0 Å². The van der Waals surface area contributed by atoms with E-state index in [4.69, 9.17) is 12.2 Å². The van der Waals surface area contributed by atoms with Gasteiger partial charge in [0, 0.05) is 5.16 Å². The van der Waals surface area contributed by atoms with E-state index in [-0.39, 0.29) is 0 Å². The van der Waals surface area contributed by atoms with Gasteiger partial charge in [0.25, 0.3) is 0 Å². The standard InChI is InChI=1S/C10H21NSSi/c1-8(2)13(9(3)4,10(5)6)11-7-12/h8-10H,1-6H3. The molecule has 76 valence electrons. The number of rotatable bonds is 4. The number of thiocarbonyl (C=S) groups is 1. The molecule has 1 nitrogen and oxygen atoms in total. The zero-order valence-electron chi connectivity index (χ0n) is 9.59. The summed E-state index contributed by atoms with van der Waals surface area (Å²) in [6, 6.07) is 0. The fraction of sp³-hybridized carbons (Fsp3) is 0.900. The molecule has 0 aliphatic carbocycles. The minimum atomic E-state index is -1.62. The van der Waals surface area contributed by atoms with Gasteiger partial charge in [-0.25, -0.2) is 0 Å². The average molecular weight is 215 g/mol. The Morgan fingerprint density at radius 1 is 0.923 bits per heavy atom. The Bertz CT molecular complexity index is 183. The maximum atomic E-state index is 4.78. The third-order valence-electron chi connectivity index (χ3n) is 3.01. The summed E-state index contributed by atoms with van der Waals surface area (Å²) in [5, 5.41) is 2.62. The van der Waals surface area contributed by atoms with E-state index in [2.05, 4.69) is 51.4 Å². The number of hydrogen-bond donors (Lipinski definition) is 0. The molecule has 0 fully saturated rings. The number of isothiocyanates is 1. The van der Waals surface area contributed by atoms with Crippen LogP contribution in [0.3, 0.4) is 0 Å². The molecule has 13 heavy (non-hydrogen) atoms. The van der Waals surface area contributed by atoms with Gasteiger partial charge in [0.2, 0.25) is 8.24 Å². The van der Waals surface area contributed by atoms with E-state index in [0.717, 1.165) is 0 Å². The van der Waals surface area contributed by atoms with Gasteiger partial charge in [-0.1, -0.05) is 41.5 Å². The summed E-state index contributed by atoms with van der Waals surface area (Å²) >= 11 is 4.78. The lowest BCUT2D eigenvalue weighted by Gasteiger charge is -2.37. The zero-order chi connectivity index (χ0) is 10.6. The molecule has 0 aromatic rings. The molecule has 0 bridgehead atoms. The molecule has 0 rings (SSSR count). The highest BCUT2D eigenvalue weighted by atomic mass is 32.1. The van der Waals surface area contributed by atoms with Crippen molar-refractivity contribution >= 4 is 25.6 Å². The average Bonchev–Trinajstić information content (AvgIpc) is 1.97. The van der Waals surface area contributed by atoms with Gasteiger partial charge in [0.05, 0.1) is 0 Å². The fourth-order valence-corrected chi connectivity index (χ4v) is 7.87. The molecule has 0 aromatic carbocycles. The first-order valence-electron chi connectivity index (χ1n) is 4.98. The second-order valence-electron chi connectivity index (χ2n) is 4.55. The van der Waals surface area contributed by atoms with E-state index in [9.17, 15) is 0 Å². The monoisotopic (exact) mass is 215 g/mol. The van der Waals surface area contributed by atoms with Crippen molar-refractivity contribution in [3.8, 4) is 0 Å². The lowest BCUT2D eigenvalue weighted by molar-refractivity contribution is 0.811. The Morgan fingerprint density at radius 3 is 1.31 bits per heavy atom. The highest BCUT2D eigenvalue weighted by molar-refractivity contribution is 7.78. The summed E-state index contributed by atoms with van der Waals surface area (Å²) < 4.78 is 4.56. The van der Waals surface area contributed by atoms with Crippen LogP contribution in [0.25, 0.3) is 0 Å². The second-order valence-corrected chi connectivity index (χ2v) is 10.2. The van der Waals surface area contributed by atoms with Crippen molar-refractivity contribution in [1.82, 2.24) is 0 Å². The molecule has 0 amide bonds. The second kappa shape index (κ2) is 5.04. The topological polar surface area (TPSA) is 12.4 Å². The minimum Gasteiger partial charge on any atom is -0.272 e. The van der Waals surface area contributed by atoms with Crippen LogP contribution in [0.1, 0.15) is 41.5 Å². The maximum absolute atomic E-state index is 4.78. The van der Waals surface area contributed by atoms with Crippen LogP contribution in [0, 0.1) is 0 Å². The lowest BCUT2D eigenvalue weighted by Crippen LogP contribution is -2.42. The van der Waals surface area contributed by atoms with E-state index in [1.807, 2.05) is 0 Å². The Labute approximate surface area is 88.7 Å². The van der Waals surface area contributed by atoms with Crippen LogP contribution in [0.4, 0.5) is 0 Å². The molecule has 0 heterocycles. The van der Waals surface area contributed by atoms with Gasteiger partial charge in [-0.05, 0) is 28.8 Å². The minimum absolute atomic E-state index is 0.642. The van der Waals surface area contributed by atoms with Gasteiger partial charge in [0.15, 0.2) is 0 Å². The van der Waals surface area contributed by atoms with Crippen LogP contribution >= 0.6 is 12.2 Å². The summed E-state index contributed by atoms with van der Waals surface area (Å²) in [7, 11) is -1.62. The SMILES string of the molecule is CC(C)[Si](N=C=S)(C(C)C)C(C)C. The lowest BCUT2D eigenvalue weighted by atomic mass is 10.5. The third kappa shape index (κ3) is 2.49. The largest absolute Gasteiger partial charge is 0.272 e. The maximum Gasteiger partial charge on any atom is 0.202 e. The first kappa shape index (κ1) is 13.0. The summed E-state index contributed by atoms with van der Waals surface area (Å²) in [4.78, 5) is 0. The molecule has 0 saturated heterocycles. The predicted molar refractivity (Wildman–Crippen MR) is 66.1 cm³/mol. The Balaban J connectivity index is 5.17. The van der Waals surface area contributed by atoms with Crippen molar-refractivity contribution in [3.05, 3.63) is 0 Å². The van der Waals surface area contributed by atoms with E-state index >= 15 is 0 Å². The van der Waals surface area contributed by atoms with Crippen molar-refractivity contribution in [2.45, 2.75) is 58.2 Å². The highest BCUT2D eigenvalue weighted by Crippen LogP contribution is 2.41. The van der Waals surface area contributed by atoms with Crippen molar-refractivity contribution in [3.63, 3.8) is 0 Å². The van der Waals surface area contributed by atoms with Gasteiger partial charge in [-0.15, -0.1) is 0 Å². The molecule has 0 spiro atoms. The van der Waals surface area contributed by atoms with Gasteiger partial charge in [0.1, 0.15) is 0 Å². The van der Waals surface area contributed by atoms with E-state index in [1.165, 1.54) is 0 Å². The molecule has 0 unspecified atom stereocenters. The number of nitrogens with zero attached hydrogens (tertiary/aromatic N) is 1. The molecular formula is C10H21NSSi. The highest BCUT2D eigenvalue weighted by Gasteiger charge is 2.43. The van der Waals surface area contributed by atoms with E-state index in [1.54, 1.807) is 0 Å². The molecule has 0 aromatic heterocycles. The van der Waals surface area contributed by atoms with Crippen molar-refractivity contribution in [1.29, 1.82) is 0 Å². The van der Waals surface area contributed by atoms with Crippen molar-refractivity contribution in [2.24, 2.45) is 4.66 Å². The van der Waals surface area contributed by atoms with Crippen LogP contribution < -0.4 is 0 Å². The van der Waals surface area contributed by atoms with Crippen LogP contribution in [-0.2, 0) is 0 Å². The molecule has 0 saturated carbocycles. The Kier molecular flexibility index (Phi) is 5.04. The molecule has 0 aliphatic heterocycles. The first-order valence-corrected chi connectivity index (χ1v) is 7.57. The predicted octanol–water partition coefficient (Wildman–Crippen LogP) is 4.26. The molecule has 0 N–H and O–H groups in total.